The van der Waals surface area contributed by atoms with Crippen LogP contribution in [0.5, 0.6) is 0 Å². The second-order valence-corrected chi connectivity index (χ2v) is 6.27. The lowest BCUT2D eigenvalue weighted by molar-refractivity contribution is -0.0328. The normalized spacial score (nSPS) is 13.2. The number of nitrogens with zero attached hydrogens (tertiary/aromatic N) is 1. The van der Waals surface area contributed by atoms with Gasteiger partial charge in [-0.1, -0.05) is 0 Å². The lowest BCUT2D eigenvalue weighted by atomic mass is 10.2. The minimum atomic E-state index is -4.25. The summed E-state index contributed by atoms with van der Waals surface area (Å²) < 4.78 is 36.7. The Kier molecular flexibility index (Phi) is 4.59. The third-order valence-electron chi connectivity index (χ3n) is 2.65. The number of thiazole rings is 1. The largest absolute Gasteiger partial charge is 0.446 e. The molecule has 0 aliphatic rings. The van der Waals surface area contributed by atoms with Crippen LogP contribution < -0.4 is 5.32 Å². The lowest BCUT2D eigenvalue weighted by Gasteiger charge is -2.15. The molecule has 0 saturated heterocycles. The predicted molar refractivity (Wildman–Crippen MR) is 77.2 cm³/mol. The van der Waals surface area contributed by atoms with Crippen LogP contribution in [0.4, 0.5) is 18.9 Å². The van der Waals surface area contributed by atoms with Crippen molar-refractivity contribution in [1.82, 2.24) is 4.98 Å². The van der Waals surface area contributed by atoms with E-state index in [1.807, 2.05) is 13.8 Å². The van der Waals surface area contributed by atoms with Crippen LogP contribution in [0.2, 0.25) is 0 Å². The average molecular weight is 318 g/mol. The first-order valence-corrected chi connectivity index (χ1v) is 7.57. The van der Waals surface area contributed by atoms with Crippen molar-refractivity contribution in [2.75, 3.05) is 5.32 Å². The van der Waals surface area contributed by atoms with Crippen LogP contribution in [0.1, 0.15) is 23.5 Å². The third kappa shape index (κ3) is 4.14. The van der Waals surface area contributed by atoms with E-state index in [1.165, 1.54) is 12.1 Å². The van der Waals surface area contributed by atoms with E-state index in [2.05, 4.69) is 10.3 Å². The first kappa shape index (κ1) is 15.2. The molecule has 108 valence electrons. The van der Waals surface area contributed by atoms with Gasteiger partial charge in [0.05, 0.1) is 17.2 Å². The molecule has 0 aliphatic carbocycles. The Labute approximate surface area is 123 Å². The van der Waals surface area contributed by atoms with Crippen molar-refractivity contribution in [2.24, 2.45) is 0 Å². The number of alkyl halides is 3. The maximum Gasteiger partial charge on any atom is 0.446 e. The molecule has 7 heteroatoms. The van der Waals surface area contributed by atoms with E-state index < -0.39 is 5.51 Å². The maximum atomic E-state index is 12.2. The Morgan fingerprint density at radius 1 is 1.25 bits per heavy atom. The van der Waals surface area contributed by atoms with Gasteiger partial charge in [-0.15, -0.1) is 11.3 Å². The zero-order valence-electron chi connectivity index (χ0n) is 10.9. The predicted octanol–water partition coefficient (Wildman–Crippen LogP) is 5.24. The Morgan fingerprint density at radius 2 is 1.90 bits per heavy atom. The molecule has 0 radical (unpaired) electrons. The van der Waals surface area contributed by atoms with Crippen LogP contribution in [0.3, 0.4) is 0 Å². The maximum absolute atomic E-state index is 12.2. The summed E-state index contributed by atoms with van der Waals surface area (Å²) in [6.45, 7) is 3.94. The van der Waals surface area contributed by atoms with Crippen molar-refractivity contribution in [1.29, 1.82) is 0 Å². The third-order valence-corrected chi connectivity index (χ3v) is 4.50. The number of rotatable bonds is 4. The number of hydrogen-bond donors (Lipinski definition) is 1. The molecule has 1 unspecified atom stereocenters. The van der Waals surface area contributed by atoms with Crippen molar-refractivity contribution >= 4 is 28.8 Å². The molecule has 0 bridgehead atoms. The fourth-order valence-electron chi connectivity index (χ4n) is 1.79. The molecular weight excluding hydrogens is 305 g/mol. The molecular formula is C13H13F3N2S2. The Hall–Kier alpha value is -1.21. The highest BCUT2D eigenvalue weighted by Crippen LogP contribution is 2.37. The zero-order chi connectivity index (χ0) is 14.8. The van der Waals surface area contributed by atoms with Gasteiger partial charge >= 0.3 is 5.51 Å². The minimum Gasteiger partial charge on any atom is -0.378 e. The van der Waals surface area contributed by atoms with E-state index in [0.29, 0.717) is 0 Å². The summed E-state index contributed by atoms with van der Waals surface area (Å²) in [6.07, 6.45) is 0. The van der Waals surface area contributed by atoms with Crippen molar-refractivity contribution in [3.05, 3.63) is 40.3 Å². The standard InChI is InChI=1S/C13H13F3N2S2/c1-8-12(19-7-17-8)9(2)18-10-3-5-11(6-4-10)20-13(14,15)16/h3-7,9,18H,1-2H3. The summed E-state index contributed by atoms with van der Waals surface area (Å²) in [6, 6.07) is 6.31. The van der Waals surface area contributed by atoms with Crippen molar-refractivity contribution in [2.45, 2.75) is 30.3 Å². The lowest BCUT2D eigenvalue weighted by Crippen LogP contribution is -2.06. The Bertz CT molecular complexity index is 564. The fraction of sp³-hybridized carbons (Fsp3) is 0.308. The number of hydrogen-bond acceptors (Lipinski definition) is 4. The van der Waals surface area contributed by atoms with Crippen LogP contribution in [-0.2, 0) is 0 Å². The number of halogens is 3. The first-order valence-electron chi connectivity index (χ1n) is 5.87. The molecule has 20 heavy (non-hydrogen) atoms. The molecule has 2 aromatic rings. The fourth-order valence-corrected chi connectivity index (χ4v) is 3.14. The highest BCUT2D eigenvalue weighted by atomic mass is 32.2. The molecule has 1 aromatic carbocycles. The summed E-state index contributed by atoms with van der Waals surface area (Å²) in [5, 5.41) is 3.26. The van der Waals surface area contributed by atoms with Gasteiger partial charge in [0.15, 0.2) is 0 Å². The number of nitrogens with one attached hydrogen (secondary N) is 1. The van der Waals surface area contributed by atoms with Gasteiger partial charge in [-0.3, -0.25) is 0 Å². The molecule has 0 fully saturated rings. The van der Waals surface area contributed by atoms with Gasteiger partial charge in [-0.05, 0) is 49.9 Å². The summed E-state index contributed by atoms with van der Waals surface area (Å²) in [4.78, 5) is 5.49. The van der Waals surface area contributed by atoms with Crippen LogP contribution >= 0.6 is 23.1 Å². The van der Waals surface area contributed by atoms with Crippen LogP contribution in [0, 0.1) is 6.92 Å². The van der Waals surface area contributed by atoms with Gasteiger partial charge in [0.1, 0.15) is 0 Å². The summed E-state index contributed by atoms with van der Waals surface area (Å²) >= 11 is 1.45. The van der Waals surface area contributed by atoms with Crippen molar-refractivity contribution < 1.29 is 13.2 Å². The Balaban J connectivity index is 2.02. The molecule has 1 heterocycles. The second-order valence-electron chi connectivity index (χ2n) is 4.24. The number of thioether (sulfide) groups is 1. The number of anilines is 1. The highest BCUT2D eigenvalue weighted by Gasteiger charge is 2.29. The number of aryl methyl sites for hydroxylation is 1. The van der Waals surface area contributed by atoms with E-state index in [-0.39, 0.29) is 22.7 Å². The molecule has 1 N–H and O–H groups in total. The average Bonchev–Trinajstić information content (AvgIpc) is 2.76. The summed E-state index contributed by atoms with van der Waals surface area (Å²) in [7, 11) is 0. The molecule has 1 aromatic heterocycles. The molecule has 1 atom stereocenters. The molecule has 0 spiro atoms. The van der Waals surface area contributed by atoms with E-state index in [4.69, 9.17) is 0 Å². The number of benzene rings is 1. The van der Waals surface area contributed by atoms with Crippen molar-refractivity contribution in [3.63, 3.8) is 0 Å². The minimum absolute atomic E-state index is 0.0728. The van der Waals surface area contributed by atoms with E-state index >= 15 is 0 Å². The van der Waals surface area contributed by atoms with Crippen LogP contribution in [-0.4, -0.2) is 10.5 Å². The van der Waals surface area contributed by atoms with Gasteiger partial charge in [0.25, 0.3) is 0 Å². The highest BCUT2D eigenvalue weighted by molar-refractivity contribution is 8.00. The summed E-state index contributed by atoms with van der Waals surface area (Å²) in [5.74, 6) is 0. The van der Waals surface area contributed by atoms with Crippen LogP contribution in [0.15, 0.2) is 34.7 Å². The molecule has 2 nitrogen and oxygen atoms in total. The quantitative estimate of drug-likeness (QED) is 0.781. The topological polar surface area (TPSA) is 24.9 Å². The van der Waals surface area contributed by atoms with E-state index in [1.54, 1.807) is 29.0 Å². The van der Waals surface area contributed by atoms with Gasteiger partial charge < -0.3 is 5.32 Å². The van der Waals surface area contributed by atoms with E-state index in [9.17, 15) is 13.2 Å². The smallest absolute Gasteiger partial charge is 0.378 e. The second kappa shape index (κ2) is 6.05. The first-order chi connectivity index (χ1) is 9.35. The van der Waals surface area contributed by atoms with Crippen molar-refractivity contribution in [3.8, 4) is 0 Å². The van der Waals surface area contributed by atoms with Crippen LogP contribution in [0.25, 0.3) is 0 Å². The zero-order valence-corrected chi connectivity index (χ0v) is 12.5. The van der Waals surface area contributed by atoms with Gasteiger partial charge in [-0.2, -0.15) is 13.2 Å². The molecule has 0 saturated carbocycles. The number of aromatic nitrogens is 1. The monoisotopic (exact) mass is 318 g/mol. The van der Waals surface area contributed by atoms with E-state index in [0.717, 1.165) is 16.3 Å². The Morgan fingerprint density at radius 3 is 2.40 bits per heavy atom. The van der Waals surface area contributed by atoms with Gasteiger partial charge in [0.2, 0.25) is 0 Å². The molecule has 2 rings (SSSR count). The summed E-state index contributed by atoms with van der Waals surface area (Å²) in [5.41, 5.74) is -0.704. The molecule has 0 aliphatic heterocycles. The molecule has 0 amide bonds. The van der Waals surface area contributed by atoms with Gasteiger partial charge in [-0.25, -0.2) is 4.98 Å². The SMILES string of the molecule is Cc1ncsc1C(C)Nc1ccc(SC(F)(F)F)cc1. The van der Waals surface area contributed by atoms with Gasteiger partial charge in [0, 0.05) is 15.5 Å².